The molecule has 1 rings (SSSR count). The summed E-state index contributed by atoms with van der Waals surface area (Å²) >= 11 is 0. The van der Waals surface area contributed by atoms with Crippen LogP contribution in [0.3, 0.4) is 0 Å². The Hall–Kier alpha value is -0.250. The van der Waals surface area contributed by atoms with Crippen LogP contribution in [0.5, 0.6) is 0 Å². The molecule has 2 unspecified atom stereocenters. The minimum absolute atomic E-state index is 0.189. The van der Waals surface area contributed by atoms with Crippen molar-refractivity contribution in [3.05, 3.63) is 0 Å². The molecule has 0 aromatic heterocycles. The summed E-state index contributed by atoms with van der Waals surface area (Å²) in [7, 11) is 0. The van der Waals surface area contributed by atoms with E-state index in [9.17, 15) is 13.2 Å². The minimum atomic E-state index is -4.09. The van der Waals surface area contributed by atoms with E-state index in [0.29, 0.717) is 6.42 Å². The zero-order chi connectivity index (χ0) is 7.78. The molecule has 1 fully saturated rings. The van der Waals surface area contributed by atoms with Crippen molar-refractivity contribution in [1.29, 1.82) is 0 Å². The molecule has 0 saturated heterocycles. The van der Waals surface area contributed by atoms with Crippen molar-refractivity contribution in [2.45, 2.75) is 19.0 Å². The van der Waals surface area contributed by atoms with Crippen LogP contribution < -0.4 is 0 Å². The number of aliphatic hydroxyl groups is 1. The maximum Gasteiger partial charge on any atom is 0.392 e. The highest BCUT2D eigenvalue weighted by molar-refractivity contribution is 4.84. The number of alkyl halides is 3. The van der Waals surface area contributed by atoms with Gasteiger partial charge in [-0.2, -0.15) is 13.2 Å². The number of hydrogen-bond donors (Lipinski definition) is 1. The summed E-state index contributed by atoms with van der Waals surface area (Å²) in [6.07, 6.45) is -3.39. The van der Waals surface area contributed by atoms with Gasteiger partial charge in [0.25, 0.3) is 0 Å². The van der Waals surface area contributed by atoms with Crippen LogP contribution in [0.4, 0.5) is 13.2 Å². The van der Waals surface area contributed by atoms with Crippen LogP contribution in [-0.4, -0.2) is 17.9 Å². The van der Waals surface area contributed by atoms with Crippen LogP contribution in [0.15, 0.2) is 0 Å². The summed E-state index contributed by atoms with van der Waals surface area (Å²) in [5.41, 5.74) is 0. The third kappa shape index (κ3) is 1.26. The molecule has 1 aliphatic carbocycles. The van der Waals surface area contributed by atoms with Gasteiger partial charge in [0.15, 0.2) is 0 Å². The fourth-order valence-electron chi connectivity index (χ4n) is 1.22. The van der Waals surface area contributed by atoms with Crippen molar-refractivity contribution < 1.29 is 18.3 Å². The monoisotopic (exact) mass is 154 g/mol. The number of aliphatic hydroxyl groups excluding tert-OH is 1. The van der Waals surface area contributed by atoms with Crippen molar-refractivity contribution >= 4 is 0 Å². The largest absolute Gasteiger partial charge is 0.396 e. The lowest BCUT2D eigenvalue weighted by molar-refractivity contribution is -0.217. The third-order valence-electron chi connectivity index (χ3n) is 2.07. The first kappa shape index (κ1) is 7.85. The summed E-state index contributed by atoms with van der Waals surface area (Å²) in [5, 5.41) is 8.42. The van der Waals surface area contributed by atoms with E-state index in [-0.39, 0.29) is 13.0 Å². The summed E-state index contributed by atoms with van der Waals surface area (Å²) in [4.78, 5) is 0. The molecule has 1 aliphatic rings. The van der Waals surface area contributed by atoms with Gasteiger partial charge in [-0.25, -0.2) is 0 Å². The molecular weight excluding hydrogens is 145 g/mol. The highest BCUT2D eigenvalue weighted by Gasteiger charge is 2.49. The Morgan fingerprint density at radius 2 is 1.90 bits per heavy atom. The Balaban J connectivity index is 2.43. The lowest BCUT2D eigenvalue weighted by Crippen LogP contribution is -2.39. The Bertz CT molecular complexity index is 119. The van der Waals surface area contributed by atoms with Gasteiger partial charge in [-0.05, 0) is 18.8 Å². The molecule has 1 N–H and O–H groups in total. The molecule has 2 atom stereocenters. The maximum atomic E-state index is 11.8. The van der Waals surface area contributed by atoms with E-state index < -0.39 is 18.0 Å². The Morgan fingerprint density at radius 1 is 1.30 bits per heavy atom. The van der Waals surface area contributed by atoms with E-state index in [4.69, 9.17) is 5.11 Å². The summed E-state index contributed by atoms with van der Waals surface area (Å²) in [6, 6.07) is 0. The maximum absolute atomic E-state index is 11.8. The van der Waals surface area contributed by atoms with Crippen LogP contribution in [0, 0.1) is 11.8 Å². The van der Waals surface area contributed by atoms with Gasteiger partial charge in [0, 0.05) is 6.61 Å². The van der Waals surface area contributed by atoms with Crippen molar-refractivity contribution in [3.8, 4) is 0 Å². The molecule has 10 heavy (non-hydrogen) atoms. The second-order valence-corrected chi connectivity index (χ2v) is 2.67. The Labute approximate surface area is 56.8 Å². The Kier molecular flexibility index (Phi) is 1.90. The Morgan fingerprint density at radius 3 is 2.00 bits per heavy atom. The average Bonchev–Trinajstić information content (AvgIpc) is 1.57. The van der Waals surface area contributed by atoms with Gasteiger partial charge in [0.05, 0.1) is 5.92 Å². The predicted octanol–water partition coefficient (Wildman–Crippen LogP) is 1.57. The number of rotatable bonds is 1. The summed E-state index contributed by atoms with van der Waals surface area (Å²) in [6.45, 7) is -0.329. The van der Waals surface area contributed by atoms with Crippen molar-refractivity contribution in [2.75, 3.05) is 6.61 Å². The van der Waals surface area contributed by atoms with E-state index in [0.717, 1.165) is 0 Å². The van der Waals surface area contributed by atoms with E-state index >= 15 is 0 Å². The van der Waals surface area contributed by atoms with E-state index in [1.54, 1.807) is 0 Å². The van der Waals surface area contributed by atoms with Crippen LogP contribution in [-0.2, 0) is 0 Å². The second kappa shape index (κ2) is 2.42. The highest BCUT2D eigenvalue weighted by Crippen LogP contribution is 2.45. The molecule has 0 amide bonds. The second-order valence-electron chi connectivity index (χ2n) is 2.67. The fourth-order valence-corrected chi connectivity index (χ4v) is 1.22. The number of halogens is 3. The molecule has 60 valence electrons. The molecule has 0 aromatic rings. The highest BCUT2D eigenvalue weighted by atomic mass is 19.4. The minimum Gasteiger partial charge on any atom is -0.396 e. The van der Waals surface area contributed by atoms with Crippen LogP contribution in [0.2, 0.25) is 0 Å². The molecule has 0 heterocycles. The van der Waals surface area contributed by atoms with Gasteiger partial charge in [-0.1, -0.05) is 0 Å². The van der Waals surface area contributed by atoms with Crippen LogP contribution >= 0.6 is 0 Å². The molecule has 0 spiro atoms. The SMILES string of the molecule is OCC1CCC1C(F)(F)F. The molecule has 0 radical (unpaired) electrons. The first-order valence-corrected chi connectivity index (χ1v) is 3.23. The molecule has 1 saturated carbocycles. The van der Waals surface area contributed by atoms with E-state index in [1.807, 2.05) is 0 Å². The molecule has 0 aromatic carbocycles. The zero-order valence-corrected chi connectivity index (χ0v) is 5.36. The molecule has 4 heteroatoms. The van der Waals surface area contributed by atoms with Crippen LogP contribution in [0.1, 0.15) is 12.8 Å². The summed E-state index contributed by atoms with van der Waals surface area (Å²) in [5.74, 6) is -1.77. The van der Waals surface area contributed by atoms with Gasteiger partial charge >= 0.3 is 6.18 Å². The normalized spacial score (nSPS) is 33.6. The summed E-state index contributed by atoms with van der Waals surface area (Å²) < 4.78 is 35.5. The van der Waals surface area contributed by atoms with Crippen molar-refractivity contribution in [1.82, 2.24) is 0 Å². The lowest BCUT2D eigenvalue weighted by atomic mass is 9.74. The molecular formula is C6H9F3O. The van der Waals surface area contributed by atoms with Gasteiger partial charge in [0.2, 0.25) is 0 Å². The third-order valence-corrected chi connectivity index (χ3v) is 2.07. The quantitative estimate of drug-likeness (QED) is 0.607. The first-order valence-electron chi connectivity index (χ1n) is 3.23. The van der Waals surface area contributed by atoms with Crippen molar-refractivity contribution in [3.63, 3.8) is 0 Å². The standard InChI is InChI=1S/C6H9F3O/c7-6(8,9)5-2-1-4(5)3-10/h4-5,10H,1-3H2. The van der Waals surface area contributed by atoms with Gasteiger partial charge in [-0.15, -0.1) is 0 Å². The smallest absolute Gasteiger partial charge is 0.392 e. The van der Waals surface area contributed by atoms with E-state index in [2.05, 4.69) is 0 Å². The molecule has 0 bridgehead atoms. The van der Waals surface area contributed by atoms with Crippen molar-refractivity contribution in [2.24, 2.45) is 11.8 Å². The van der Waals surface area contributed by atoms with Gasteiger partial charge in [0.1, 0.15) is 0 Å². The first-order chi connectivity index (χ1) is 4.55. The van der Waals surface area contributed by atoms with Gasteiger partial charge < -0.3 is 5.11 Å². The van der Waals surface area contributed by atoms with Crippen LogP contribution in [0.25, 0.3) is 0 Å². The average molecular weight is 154 g/mol. The number of hydrogen-bond acceptors (Lipinski definition) is 1. The zero-order valence-electron chi connectivity index (χ0n) is 5.36. The molecule has 1 nitrogen and oxygen atoms in total. The van der Waals surface area contributed by atoms with Gasteiger partial charge in [-0.3, -0.25) is 0 Å². The topological polar surface area (TPSA) is 20.2 Å². The lowest BCUT2D eigenvalue weighted by Gasteiger charge is -2.36. The fraction of sp³-hybridized carbons (Fsp3) is 1.00. The predicted molar refractivity (Wildman–Crippen MR) is 29.4 cm³/mol. The van der Waals surface area contributed by atoms with E-state index in [1.165, 1.54) is 0 Å². The molecule has 0 aliphatic heterocycles.